The Kier molecular flexibility index (Phi) is 6.19. The monoisotopic (exact) mass is 391 g/mol. The highest BCUT2D eigenvalue weighted by Gasteiger charge is 2.31. The molecule has 0 saturated heterocycles. The maximum Gasteiger partial charge on any atom is 0.416 e. The van der Waals surface area contributed by atoms with Crippen molar-refractivity contribution in [2.24, 2.45) is 0 Å². The summed E-state index contributed by atoms with van der Waals surface area (Å²) in [5.41, 5.74) is 0.0320. The first kappa shape index (κ1) is 19.4. The highest BCUT2D eigenvalue weighted by Crippen LogP contribution is 2.32. The third-order valence-corrected chi connectivity index (χ3v) is 4.13. The van der Waals surface area contributed by atoms with E-state index in [1.807, 2.05) is 0 Å². The van der Waals surface area contributed by atoms with Gasteiger partial charge in [0.05, 0.1) is 12.7 Å². The second kappa shape index (κ2) is 7.97. The van der Waals surface area contributed by atoms with E-state index in [1.54, 1.807) is 24.3 Å². The van der Waals surface area contributed by atoms with Crippen LogP contribution in [0.4, 0.5) is 18.9 Å². The Bertz CT molecular complexity index is 749. The van der Waals surface area contributed by atoms with Gasteiger partial charge in [0.1, 0.15) is 11.1 Å². The van der Waals surface area contributed by atoms with E-state index in [2.05, 4.69) is 5.32 Å². The van der Waals surface area contributed by atoms with E-state index in [4.69, 9.17) is 27.9 Å². The third-order valence-electron chi connectivity index (χ3n) is 3.42. The van der Waals surface area contributed by atoms with Gasteiger partial charge in [-0.2, -0.15) is 13.2 Å². The molecule has 0 aliphatic rings. The van der Waals surface area contributed by atoms with E-state index in [0.717, 1.165) is 12.1 Å². The van der Waals surface area contributed by atoms with Crippen LogP contribution in [0, 0.1) is 0 Å². The Morgan fingerprint density at radius 2 is 1.84 bits per heavy atom. The molecule has 0 spiro atoms. The molecule has 2 aromatic carbocycles. The lowest BCUT2D eigenvalue weighted by molar-refractivity contribution is -0.137. The Labute approximate surface area is 152 Å². The van der Waals surface area contributed by atoms with Crippen molar-refractivity contribution in [3.8, 4) is 5.75 Å². The first-order valence-electron chi connectivity index (χ1n) is 7.15. The van der Waals surface area contributed by atoms with E-state index in [0.29, 0.717) is 17.0 Å². The quantitative estimate of drug-likeness (QED) is 0.715. The van der Waals surface area contributed by atoms with Gasteiger partial charge in [0, 0.05) is 10.7 Å². The van der Waals surface area contributed by atoms with Gasteiger partial charge >= 0.3 is 6.18 Å². The summed E-state index contributed by atoms with van der Waals surface area (Å²) in [5, 5.41) is 1.54. The van der Waals surface area contributed by atoms with E-state index in [9.17, 15) is 18.0 Å². The molecule has 1 atom stereocenters. The number of amides is 1. The summed E-state index contributed by atoms with van der Waals surface area (Å²) in [7, 11) is 1.52. The van der Waals surface area contributed by atoms with Crippen LogP contribution in [-0.2, 0) is 17.4 Å². The van der Waals surface area contributed by atoms with Crippen LogP contribution in [-0.4, -0.2) is 18.4 Å². The standard InChI is InChI=1S/C17H14Cl2F3NO2/c1-25-13-6-4-12(5-7-13)23-16(24)15(19)8-10-2-3-11(9-14(10)18)17(20,21)22/h2-7,9,15H,8H2,1H3,(H,23,24)/t15-/m0/s1. The van der Waals surface area contributed by atoms with E-state index >= 15 is 0 Å². The van der Waals surface area contributed by atoms with Crippen LogP contribution in [0.25, 0.3) is 0 Å². The molecule has 0 aliphatic carbocycles. The normalized spacial score (nSPS) is 12.6. The molecule has 0 aromatic heterocycles. The fourth-order valence-electron chi connectivity index (χ4n) is 2.07. The summed E-state index contributed by atoms with van der Waals surface area (Å²) in [4.78, 5) is 12.1. The van der Waals surface area contributed by atoms with Gasteiger partial charge in [0.15, 0.2) is 0 Å². The van der Waals surface area contributed by atoms with E-state index in [1.165, 1.54) is 13.2 Å². The molecule has 0 bridgehead atoms. The predicted octanol–water partition coefficient (Wildman–Crippen LogP) is 5.16. The van der Waals surface area contributed by atoms with Crippen molar-refractivity contribution in [2.45, 2.75) is 18.0 Å². The summed E-state index contributed by atoms with van der Waals surface area (Å²) >= 11 is 11.9. The lowest BCUT2D eigenvalue weighted by Crippen LogP contribution is -2.25. The minimum Gasteiger partial charge on any atom is -0.497 e. The van der Waals surface area contributed by atoms with Gasteiger partial charge in [-0.05, 0) is 48.4 Å². The van der Waals surface area contributed by atoms with E-state index in [-0.39, 0.29) is 11.4 Å². The van der Waals surface area contributed by atoms with E-state index < -0.39 is 23.0 Å². The molecule has 25 heavy (non-hydrogen) atoms. The lowest BCUT2D eigenvalue weighted by atomic mass is 10.1. The maximum absolute atomic E-state index is 12.6. The number of benzene rings is 2. The Balaban J connectivity index is 2.03. The number of nitrogens with one attached hydrogen (secondary N) is 1. The topological polar surface area (TPSA) is 38.3 Å². The Hall–Kier alpha value is -1.92. The lowest BCUT2D eigenvalue weighted by Gasteiger charge is -2.13. The number of rotatable bonds is 5. The fourth-order valence-corrected chi connectivity index (χ4v) is 2.55. The molecule has 0 heterocycles. The van der Waals surface area contributed by atoms with Gasteiger partial charge in [0.2, 0.25) is 5.91 Å². The Morgan fingerprint density at radius 3 is 2.36 bits per heavy atom. The van der Waals surface area contributed by atoms with Crippen LogP contribution >= 0.6 is 23.2 Å². The second-order valence-electron chi connectivity index (χ2n) is 5.19. The number of ether oxygens (including phenoxy) is 1. The van der Waals surface area contributed by atoms with Crippen LogP contribution in [0.5, 0.6) is 5.75 Å². The summed E-state index contributed by atoms with van der Waals surface area (Å²) in [6.07, 6.45) is -4.48. The molecule has 134 valence electrons. The number of halogens is 5. The highest BCUT2D eigenvalue weighted by atomic mass is 35.5. The van der Waals surface area contributed by atoms with Gasteiger partial charge in [-0.3, -0.25) is 4.79 Å². The molecule has 0 radical (unpaired) electrons. The molecular formula is C17H14Cl2F3NO2. The molecule has 2 rings (SSSR count). The first-order chi connectivity index (χ1) is 11.7. The van der Waals surface area contributed by atoms with Crippen molar-refractivity contribution in [3.05, 3.63) is 58.6 Å². The summed E-state index contributed by atoms with van der Waals surface area (Å²) < 4.78 is 42.9. The van der Waals surface area contributed by atoms with Crippen LogP contribution in [0.2, 0.25) is 5.02 Å². The molecule has 1 N–H and O–H groups in total. The van der Waals surface area contributed by atoms with Crippen molar-refractivity contribution in [1.29, 1.82) is 0 Å². The summed E-state index contributed by atoms with van der Waals surface area (Å²) in [6, 6.07) is 9.59. The average molecular weight is 392 g/mol. The zero-order valence-corrected chi connectivity index (χ0v) is 14.5. The largest absolute Gasteiger partial charge is 0.497 e. The maximum atomic E-state index is 12.6. The van der Waals surface area contributed by atoms with Gasteiger partial charge in [-0.1, -0.05) is 17.7 Å². The molecule has 0 fully saturated rings. The number of hydrogen-bond acceptors (Lipinski definition) is 2. The molecule has 0 saturated carbocycles. The molecule has 3 nitrogen and oxygen atoms in total. The molecule has 0 unspecified atom stereocenters. The third kappa shape index (κ3) is 5.28. The number of carbonyl (C=O) groups excluding carboxylic acids is 1. The van der Waals surface area contributed by atoms with Crippen molar-refractivity contribution in [3.63, 3.8) is 0 Å². The van der Waals surface area contributed by atoms with Crippen molar-refractivity contribution in [2.75, 3.05) is 12.4 Å². The molecule has 0 aliphatic heterocycles. The van der Waals surface area contributed by atoms with Crippen molar-refractivity contribution >= 4 is 34.8 Å². The number of hydrogen-bond donors (Lipinski definition) is 1. The summed E-state index contributed by atoms with van der Waals surface area (Å²) in [5.74, 6) is 0.153. The molecule has 8 heteroatoms. The smallest absolute Gasteiger partial charge is 0.416 e. The first-order valence-corrected chi connectivity index (χ1v) is 7.96. The number of anilines is 1. The van der Waals surface area contributed by atoms with Crippen LogP contribution < -0.4 is 10.1 Å². The predicted molar refractivity (Wildman–Crippen MR) is 91.4 cm³/mol. The van der Waals surface area contributed by atoms with Gasteiger partial charge < -0.3 is 10.1 Å². The minimum absolute atomic E-state index is 0.000510. The molecule has 2 aromatic rings. The minimum atomic E-state index is -4.48. The van der Waals surface area contributed by atoms with Crippen LogP contribution in [0.3, 0.4) is 0 Å². The average Bonchev–Trinajstić information content (AvgIpc) is 2.56. The van der Waals surface area contributed by atoms with Gasteiger partial charge in [-0.15, -0.1) is 11.6 Å². The second-order valence-corrected chi connectivity index (χ2v) is 6.13. The van der Waals surface area contributed by atoms with Gasteiger partial charge in [0.25, 0.3) is 0 Å². The van der Waals surface area contributed by atoms with Crippen molar-refractivity contribution in [1.82, 2.24) is 0 Å². The van der Waals surface area contributed by atoms with Crippen LogP contribution in [0.1, 0.15) is 11.1 Å². The highest BCUT2D eigenvalue weighted by molar-refractivity contribution is 6.33. The Morgan fingerprint density at radius 1 is 1.20 bits per heavy atom. The summed E-state index contributed by atoms with van der Waals surface area (Å²) in [6.45, 7) is 0. The molecular weight excluding hydrogens is 378 g/mol. The van der Waals surface area contributed by atoms with Crippen LogP contribution in [0.15, 0.2) is 42.5 Å². The zero-order chi connectivity index (χ0) is 18.6. The SMILES string of the molecule is COc1ccc(NC(=O)[C@@H](Cl)Cc2ccc(C(F)(F)F)cc2Cl)cc1. The number of methoxy groups -OCH3 is 1. The van der Waals surface area contributed by atoms with Crippen molar-refractivity contribution < 1.29 is 22.7 Å². The number of carbonyl (C=O) groups is 1. The zero-order valence-electron chi connectivity index (χ0n) is 13.0. The fraction of sp³-hybridized carbons (Fsp3) is 0.235. The number of alkyl halides is 4. The molecule has 1 amide bonds. The van der Waals surface area contributed by atoms with Gasteiger partial charge in [-0.25, -0.2) is 0 Å².